The molecule has 130 valence electrons. The third kappa shape index (κ3) is 4.41. The van der Waals surface area contributed by atoms with Gasteiger partial charge >= 0.3 is 0 Å². The van der Waals surface area contributed by atoms with Crippen molar-refractivity contribution in [3.05, 3.63) is 53.1 Å². The van der Waals surface area contributed by atoms with Crippen molar-refractivity contribution >= 4 is 0 Å². The van der Waals surface area contributed by atoms with Gasteiger partial charge in [0.1, 0.15) is 5.75 Å². The van der Waals surface area contributed by atoms with E-state index in [9.17, 15) is 5.11 Å². The first kappa shape index (κ1) is 18.6. The van der Waals surface area contributed by atoms with E-state index in [-0.39, 0.29) is 0 Å². The molecule has 2 aromatic carbocycles. The quantitative estimate of drug-likeness (QED) is 0.525. The summed E-state index contributed by atoms with van der Waals surface area (Å²) in [6.45, 7) is 8.87. The summed E-state index contributed by atoms with van der Waals surface area (Å²) in [4.78, 5) is 0. The monoisotopic (exact) mass is 324 g/mol. The zero-order valence-electron chi connectivity index (χ0n) is 15.7. The molecule has 0 aliphatic heterocycles. The van der Waals surface area contributed by atoms with E-state index in [1.54, 1.807) is 0 Å². The van der Waals surface area contributed by atoms with Gasteiger partial charge < -0.3 is 5.11 Å². The summed E-state index contributed by atoms with van der Waals surface area (Å²) in [5, 5.41) is 10.8. The van der Waals surface area contributed by atoms with Crippen molar-refractivity contribution in [2.24, 2.45) is 0 Å². The standard InChI is InChI=1S/C23H32O/c1-5-7-8-9-11-19-12-10-13-22(23(19)24)21-15-14-20(17(3)4)16-18(21)6-2/h10,12-17,24H,5-9,11H2,1-4H3. The van der Waals surface area contributed by atoms with E-state index in [1.807, 2.05) is 0 Å². The zero-order valence-corrected chi connectivity index (χ0v) is 15.7. The fourth-order valence-electron chi connectivity index (χ4n) is 3.28. The third-order valence-electron chi connectivity index (χ3n) is 4.89. The molecule has 0 radical (unpaired) electrons. The lowest BCUT2D eigenvalue weighted by atomic mass is 9.91. The van der Waals surface area contributed by atoms with Crippen molar-refractivity contribution in [3.63, 3.8) is 0 Å². The normalized spacial score (nSPS) is 11.2. The summed E-state index contributed by atoms with van der Waals surface area (Å²) < 4.78 is 0. The molecule has 1 heteroatoms. The Morgan fingerprint density at radius 2 is 1.67 bits per heavy atom. The SMILES string of the molecule is CCCCCCc1cccc(-c2ccc(C(C)C)cc2CC)c1O. The molecule has 1 nitrogen and oxygen atoms in total. The van der Waals surface area contributed by atoms with Crippen LogP contribution in [0.2, 0.25) is 0 Å². The minimum absolute atomic E-state index is 0.473. The molecule has 0 spiro atoms. The molecular formula is C23H32O. The fourth-order valence-corrected chi connectivity index (χ4v) is 3.28. The second-order valence-electron chi connectivity index (χ2n) is 7.05. The van der Waals surface area contributed by atoms with Crippen molar-refractivity contribution in [1.82, 2.24) is 0 Å². The Bertz CT molecular complexity index is 655. The minimum atomic E-state index is 0.473. The van der Waals surface area contributed by atoms with Gasteiger partial charge in [-0.25, -0.2) is 0 Å². The number of hydrogen-bond acceptors (Lipinski definition) is 1. The lowest BCUT2D eigenvalue weighted by molar-refractivity contribution is 0.468. The molecule has 0 bridgehead atoms. The Morgan fingerprint density at radius 3 is 2.33 bits per heavy atom. The molecule has 0 unspecified atom stereocenters. The number of phenolic OH excluding ortho intramolecular Hbond substituents is 1. The van der Waals surface area contributed by atoms with Gasteiger partial charge in [0.15, 0.2) is 0 Å². The summed E-state index contributed by atoms with van der Waals surface area (Å²) in [6, 6.07) is 12.9. The van der Waals surface area contributed by atoms with E-state index in [0.29, 0.717) is 11.7 Å². The van der Waals surface area contributed by atoms with Crippen LogP contribution in [-0.2, 0) is 12.8 Å². The van der Waals surface area contributed by atoms with Gasteiger partial charge in [-0.3, -0.25) is 0 Å². The van der Waals surface area contributed by atoms with Crippen LogP contribution in [0, 0.1) is 0 Å². The molecule has 0 fully saturated rings. The molecule has 0 aliphatic rings. The summed E-state index contributed by atoms with van der Waals surface area (Å²) in [7, 11) is 0. The van der Waals surface area contributed by atoms with Gasteiger partial charge in [-0.1, -0.05) is 83.4 Å². The maximum atomic E-state index is 10.8. The van der Waals surface area contributed by atoms with Gasteiger partial charge in [0.05, 0.1) is 0 Å². The van der Waals surface area contributed by atoms with Crippen LogP contribution in [0.5, 0.6) is 5.75 Å². The van der Waals surface area contributed by atoms with Crippen molar-refractivity contribution in [2.75, 3.05) is 0 Å². The largest absolute Gasteiger partial charge is 0.507 e. The summed E-state index contributed by atoms with van der Waals surface area (Å²) in [5.41, 5.74) is 5.92. The Kier molecular flexibility index (Phi) is 6.90. The van der Waals surface area contributed by atoms with E-state index in [2.05, 4.69) is 64.1 Å². The zero-order chi connectivity index (χ0) is 17.5. The number of phenols is 1. The van der Waals surface area contributed by atoms with Crippen LogP contribution < -0.4 is 0 Å². The molecular weight excluding hydrogens is 292 g/mol. The van der Waals surface area contributed by atoms with E-state index < -0.39 is 0 Å². The van der Waals surface area contributed by atoms with Crippen LogP contribution >= 0.6 is 0 Å². The van der Waals surface area contributed by atoms with Crippen LogP contribution in [0.25, 0.3) is 11.1 Å². The number of aromatic hydroxyl groups is 1. The van der Waals surface area contributed by atoms with Crippen molar-refractivity contribution < 1.29 is 5.11 Å². The molecule has 2 aromatic rings. The number of rotatable bonds is 8. The van der Waals surface area contributed by atoms with Crippen LogP contribution in [0.3, 0.4) is 0 Å². The molecule has 1 N–H and O–H groups in total. The van der Waals surface area contributed by atoms with Crippen molar-refractivity contribution in [2.45, 2.75) is 72.1 Å². The minimum Gasteiger partial charge on any atom is -0.507 e. The predicted octanol–water partition coefficient (Wildman–Crippen LogP) is 6.87. The second-order valence-corrected chi connectivity index (χ2v) is 7.05. The maximum Gasteiger partial charge on any atom is 0.126 e. The number of unbranched alkanes of at least 4 members (excludes halogenated alkanes) is 3. The lowest BCUT2D eigenvalue weighted by Crippen LogP contribution is -1.95. The van der Waals surface area contributed by atoms with Gasteiger partial charge in [0.2, 0.25) is 0 Å². The molecule has 0 aliphatic carbocycles. The molecule has 0 aromatic heterocycles. The van der Waals surface area contributed by atoms with Crippen molar-refractivity contribution in [3.8, 4) is 16.9 Å². The highest BCUT2D eigenvalue weighted by Gasteiger charge is 2.13. The molecule has 0 amide bonds. The van der Waals surface area contributed by atoms with Gasteiger partial charge in [0, 0.05) is 5.56 Å². The van der Waals surface area contributed by atoms with Crippen LogP contribution in [0.1, 0.15) is 76.0 Å². The molecule has 24 heavy (non-hydrogen) atoms. The number of aryl methyl sites for hydroxylation is 2. The third-order valence-corrected chi connectivity index (χ3v) is 4.89. The van der Waals surface area contributed by atoms with Crippen LogP contribution in [0.15, 0.2) is 36.4 Å². The van der Waals surface area contributed by atoms with Crippen LogP contribution in [-0.4, -0.2) is 5.11 Å². The fraction of sp³-hybridized carbons (Fsp3) is 0.478. The smallest absolute Gasteiger partial charge is 0.126 e. The van der Waals surface area contributed by atoms with Gasteiger partial charge in [-0.15, -0.1) is 0 Å². The first-order valence-electron chi connectivity index (χ1n) is 9.52. The van der Waals surface area contributed by atoms with E-state index in [0.717, 1.165) is 30.4 Å². The Hall–Kier alpha value is -1.76. The average Bonchev–Trinajstić information content (AvgIpc) is 2.59. The molecule has 0 saturated carbocycles. The topological polar surface area (TPSA) is 20.2 Å². The highest BCUT2D eigenvalue weighted by molar-refractivity contribution is 5.75. The van der Waals surface area contributed by atoms with E-state index in [4.69, 9.17) is 0 Å². The van der Waals surface area contributed by atoms with Gasteiger partial charge in [0.25, 0.3) is 0 Å². The second kappa shape index (κ2) is 8.92. The Balaban J connectivity index is 2.32. The number of para-hydroxylation sites is 1. The molecule has 0 atom stereocenters. The van der Waals surface area contributed by atoms with Crippen molar-refractivity contribution in [1.29, 1.82) is 0 Å². The number of hydrogen-bond donors (Lipinski definition) is 1. The summed E-state index contributed by atoms with van der Waals surface area (Å²) in [5.74, 6) is 1.00. The summed E-state index contributed by atoms with van der Waals surface area (Å²) >= 11 is 0. The number of benzene rings is 2. The highest BCUT2D eigenvalue weighted by Crippen LogP contribution is 2.36. The van der Waals surface area contributed by atoms with Crippen LogP contribution in [0.4, 0.5) is 0 Å². The first-order valence-corrected chi connectivity index (χ1v) is 9.52. The molecule has 0 heterocycles. The summed E-state index contributed by atoms with van der Waals surface area (Å²) in [6.07, 6.45) is 6.85. The Labute approximate surface area is 147 Å². The Morgan fingerprint density at radius 1 is 0.875 bits per heavy atom. The molecule has 2 rings (SSSR count). The van der Waals surface area contributed by atoms with E-state index >= 15 is 0 Å². The van der Waals surface area contributed by atoms with E-state index in [1.165, 1.54) is 36.0 Å². The average molecular weight is 325 g/mol. The lowest BCUT2D eigenvalue weighted by Gasteiger charge is -2.15. The van der Waals surface area contributed by atoms with Gasteiger partial charge in [-0.2, -0.15) is 0 Å². The van der Waals surface area contributed by atoms with Gasteiger partial charge in [-0.05, 0) is 47.4 Å². The highest BCUT2D eigenvalue weighted by atomic mass is 16.3. The predicted molar refractivity (Wildman–Crippen MR) is 105 cm³/mol. The first-order chi connectivity index (χ1) is 11.6. The maximum absolute atomic E-state index is 10.8. The molecule has 0 saturated heterocycles.